The fourth-order valence-electron chi connectivity index (χ4n) is 4.15. The van der Waals surface area contributed by atoms with Gasteiger partial charge in [0.15, 0.2) is 5.65 Å². The molecule has 7 nitrogen and oxygen atoms in total. The number of imidazole rings is 1. The summed E-state index contributed by atoms with van der Waals surface area (Å²) in [4.78, 5) is 24.1. The lowest BCUT2D eigenvalue weighted by atomic mass is 10.1. The molecule has 5 rings (SSSR count). The number of aromatic nitrogens is 3. The Balaban J connectivity index is 1.49. The summed E-state index contributed by atoms with van der Waals surface area (Å²) in [6.45, 7) is 9.02. The van der Waals surface area contributed by atoms with Crippen LogP contribution < -0.4 is 10.4 Å². The normalized spacial score (nSPS) is 17.2. The van der Waals surface area contributed by atoms with Crippen molar-refractivity contribution in [2.24, 2.45) is 0 Å². The highest BCUT2D eigenvalue weighted by Crippen LogP contribution is 2.26. The summed E-state index contributed by atoms with van der Waals surface area (Å²) < 4.78 is 13.6. The molecule has 30 heavy (non-hydrogen) atoms. The van der Waals surface area contributed by atoms with Crippen molar-refractivity contribution in [3.05, 3.63) is 58.5 Å². The van der Waals surface area contributed by atoms with Gasteiger partial charge in [-0.15, -0.1) is 0 Å². The number of nitrogens with zero attached hydrogens (tertiary/aromatic N) is 4. The maximum absolute atomic E-state index is 12.7. The molecular weight excluding hydrogens is 380 g/mol. The molecule has 154 valence electrons. The van der Waals surface area contributed by atoms with Crippen LogP contribution in [0, 0.1) is 13.8 Å². The molecule has 0 radical (unpaired) electrons. The van der Waals surface area contributed by atoms with Crippen LogP contribution >= 0.6 is 0 Å². The van der Waals surface area contributed by atoms with Crippen LogP contribution in [0.25, 0.3) is 27.9 Å². The molecule has 4 aromatic rings. The second-order valence-electron chi connectivity index (χ2n) is 7.89. The Morgan fingerprint density at radius 3 is 2.87 bits per heavy atom. The van der Waals surface area contributed by atoms with Gasteiger partial charge in [0.2, 0.25) is 0 Å². The third kappa shape index (κ3) is 3.35. The number of likely N-dealkylation sites (tertiary alicyclic amines) is 1. The number of aryl methyl sites for hydroxylation is 2. The number of benzene rings is 1. The van der Waals surface area contributed by atoms with Crippen LogP contribution in [0.15, 0.2) is 45.9 Å². The average molecular weight is 404 g/mol. The third-order valence-electron chi connectivity index (χ3n) is 5.69. The summed E-state index contributed by atoms with van der Waals surface area (Å²) in [6, 6.07) is 7.49. The van der Waals surface area contributed by atoms with Crippen LogP contribution in [-0.2, 0) is 0 Å². The van der Waals surface area contributed by atoms with Crippen LogP contribution in [0.4, 0.5) is 0 Å². The highest BCUT2D eigenvalue weighted by molar-refractivity contribution is 5.82. The van der Waals surface area contributed by atoms with Gasteiger partial charge in [-0.1, -0.05) is 6.92 Å². The first-order valence-electron chi connectivity index (χ1n) is 10.3. The Labute approximate surface area is 173 Å². The lowest BCUT2D eigenvalue weighted by molar-refractivity contribution is 0.202. The predicted molar refractivity (Wildman–Crippen MR) is 115 cm³/mol. The number of likely N-dealkylation sites (N-methyl/N-ethyl adjacent to an activating group) is 1. The summed E-state index contributed by atoms with van der Waals surface area (Å²) in [6.07, 6.45) is 4.92. The molecule has 1 atom stereocenters. The molecule has 1 saturated heterocycles. The zero-order valence-electron chi connectivity index (χ0n) is 17.4. The zero-order chi connectivity index (χ0) is 20.8. The summed E-state index contributed by atoms with van der Waals surface area (Å²) in [5, 5.41) is 0.835. The van der Waals surface area contributed by atoms with E-state index in [0.717, 1.165) is 54.2 Å². The van der Waals surface area contributed by atoms with Crippen molar-refractivity contribution < 1.29 is 9.15 Å². The van der Waals surface area contributed by atoms with E-state index in [-0.39, 0.29) is 6.10 Å². The van der Waals surface area contributed by atoms with Gasteiger partial charge >= 0.3 is 5.63 Å². The van der Waals surface area contributed by atoms with Gasteiger partial charge in [-0.05, 0) is 45.0 Å². The Bertz CT molecular complexity index is 1310. The first-order chi connectivity index (χ1) is 14.5. The lowest BCUT2D eigenvalue weighted by Gasteiger charge is -2.15. The van der Waals surface area contributed by atoms with Gasteiger partial charge < -0.3 is 13.6 Å². The van der Waals surface area contributed by atoms with E-state index in [1.807, 2.05) is 48.8 Å². The van der Waals surface area contributed by atoms with Gasteiger partial charge in [-0.25, -0.2) is 9.78 Å². The van der Waals surface area contributed by atoms with Crippen LogP contribution in [-0.4, -0.2) is 45.0 Å². The Hall–Kier alpha value is -3.19. The van der Waals surface area contributed by atoms with Gasteiger partial charge in [-0.3, -0.25) is 9.88 Å². The van der Waals surface area contributed by atoms with Crippen LogP contribution in [0.1, 0.15) is 24.7 Å². The molecule has 3 aromatic heterocycles. The van der Waals surface area contributed by atoms with Gasteiger partial charge in [0.25, 0.3) is 0 Å². The maximum Gasteiger partial charge on any atom is 0.345 e. The summed E-state index contributed by atoms with van der Waals surface area (Å²) in [5.41, 5.74) is 3.57. The fourth-order valence-corrected chi connectivity index (χ4v) is 4.15. The van der Waals surface area contributed by atoms with E-state index in [1.54, 1.807) is 6.07 Å². The van der Waals surface area contributed by atoms with Crippen molar-refractivity contribution in [3.8, 4) is 17.0 Å². The summed E-state index contributed by atoms with van der Waals surface area (Å²) in [5.74, 6) is 0.728. The third-order valence-corrected chi connectivity index (χ3v) is 5.69. The van der Waals surface area contributed by atoms with E-state index < -0.39 is 5.63 Å². The molecule has 0 spiro atoms. The molecule has 1 aliphatic heterocycles. The molecular formula is C23H24N4O3. The second-order valence-corrected chi connectivity index (χ2v) is 7.89. The zero-order valence-corrected chi connectivity index (χ0v) is 17.4. The highest BCUT2D eigenvalue weighted by atomic mass is 16.5. The summed E-state index contributed by atoms with van der Waals surface area (Å²) >= 11 is 0. The quantitative estimate of drug-likeness (QED) is 0.484. The monoisotopic (exact) mass is 404 g/mol. The molecule has 0 amide bonds. The van der Waals surface area contributed by atoms with Crippen molar-refractivity contribution in [1.82, 2.24) is 19.3 Å². The number of ether oxygens (including phenoxy) is 1. The van der Waals surface area contributed by atoms with Crippen LogP contribution in [0.5, 0.6) is 5.75 Å². The van der Waals surface area contributed by atoms with E-state index >= 15 is 0 Å². The minimum Gasteiger partial charge on any atom is -0.489 e. The molecule has 7 heteroatoms. The van der Waals surface area contributed by atoms with Gasteiger partial charge in [0.1, 0.15) is 17.4 Å². The molecule has 1 unspecified atom stereocenters. The van der Waals surface area contributed by atoms with E-state index in [0.29, 0.717) is 16.8 Å². The van der Waals surface area contributed by atoms with E-state index in [4.69, 9.17) is 9.15 Å². The molecule has 4 heterocycles. The van der Waals surface area contributed by atoms with Gasteiger partial charge in [-0.2, -0.15) is 0 Å². The first-order valence-corrected chi connectivity index (χ1v) is 10.3. The Morgan fingerprint density at radius 2 is 2.07 bits per heavy atom. The van der Waals surface area contributed by atoms with Gasteiger partial charge in [0.05, 0.1) is 22.6 Å². The number of rotatable bonds is 4. The van der Waals surface area contributed by atoms with Crippen LogP contribution in [0.3, 0.4) is 0 Å². The molecule has 0 saturated carbocycles. The second kappa shape index (κ2) is 7.25. The predicted octanol–water partition coefficient (Wildman–Crippen LogP) is 3.59. The topological polar surface area (TPSA) is 72.9 Å². The van der Waals surface area contributed by atoms with E-state index in [2.05, 4.69) is 21.8 Å². The van der Waals surface area contributed by atoms with Crippen molar-refractivity contribution in [1.29, 1.82) is 0 Å². The van der Waals surface area contributed by atoms with Crippen molar-refractivity contribution in [2.75, 3.05) is 19.6 Å². The standard InChI is InChI=1S/C23H24N4O3/c1-4-26-8-7-18(12-26)29-17-6-5-16-9-19(23(28)30-21(16)10-17)20-13-27-11-14(2)24-15(3)22(27)25-20/h5-6,9-11,13,18H,4,7-8,12H2,1-3H3. The van der Waals surface area contributed by atoms with Crippen molar-refractivity contribution in [3.63, 3.8) is 0 Å². The SMILES string of the molecule is CCN1CCC(Oc2ccc3cc(-c4cn5cc(C)nc(C)c5n4)c(=O)oc3c2)C1. The lowest BCUT2D eigenvalue weighted by Crippen LogP contribution is -2.24. The largest absolute Gasteiger partial charge is 0.489 e. The molecule has 1 aromatic carbocycles. The molecule has 0 N–H and O–H groups in total. The Morgan fingerprint density at radius 1 is 1.20 bits per heavy atom. The highest BCUT2D eigenvalue weighted by Gasteiger charge is 2.23. The number of fused-ring (bicyclic) bond motifs is 2. The van der Waals surface area contributed by atoms with Gasteiger partial charge in [0, 0.05) is 36.9 Å². The number of hydrogen-bond donors (Lipinski definition) is 0. The van der Waals surface area contributed by atoms with Crippen molar-refractivity contribution >= 4 is 16.6 Å². The maximum atomic E-state index is 12.7. The minimum atomic E-state index is -0.414. The van der Waals surface area contributed by atoms with E-state index in [9.17, 15) is 4.79 Å². The first kappa shape index (κ1) is 18.8. The molecule has 0 aliphatic carbocycles. The van der Waals surface area contributed by atoms with Crippen LogP contribution in [0.2, 0.25) is 0 Å². The van der Waals surface area contributed by atoms with Crippen molar-refractivity contribution in [2.45, 2.75) is 33.3 Å². The Kier molecular flexibility index (Phi) is 4.55. The molecule has 1 fully saturated rings. The molecule has 1 aliphatic rings. The van der Waals surface area contributed by atoms with E-state index in [1.165, 1.54) is 0 Å². The summed E-state index contributed by atoms with van der Waals surface area (Å²) in [7, 11) is 0. The molecule has 0 bridgehead atoms. The minimum absolute atomic E-state index is 0.173. The smallest absolute Gasteiger partial charge is 0.345 e. The fraction of sp³-hybridized carbons (Fsp3) is 0.348. The number of hydrogen-bond acceptors (Lipinski definition) is 6. The average Bonchev–Trinajstić information content (AvgIpc) is 3.34.